The average molecular weight is 352 g/mol. The second kappa shape index (κ2) is 5.06. The van der Waals surface area contributed by atoms with Crippen molar-refractivity contribution in [3.63, 3.8) is 0 Å². The largest absolute Gasteiger partial charge is 0.392 e. The molecule has 5 heteroatoms. The summed E-state index contributed by atoms with van der Waals surface area (Å²) in [5.41, 5.74) is -2.11. The van der Waals surface area contributed by atoms with Crippen LogP contribution in [0.1, 0.15) is 53.4 Å². The molecule has 4 aliphatic rings. The minimum atomic E-state index is -1.18. The van der Waals surface area contributed by atoms with Gasteiger partial charge in [0.1, 0.15) is 5.78 Å². The Hall–Kier alpha value is -0.490. The second-order valence-electron chi connectivity index (χ2n) is 10.2. The van der Waals surface area contributed by atoms with E-state index in [2.05, 4.69) is 13.8 Å². The van der Waals surface area contributed by atoms with Crippen LogP contribution in [0.4, 0.5) is 0 Å². The van der Waals surface area contributed by atoms with Crippen LogP contribution in [0.15, 0.2) is 0 Å². The fourth-order valence-corrected chi connectivity index (χ4v) is 7.86. The number of carbonyl (C=O) groups excluding carboxylic acids is 1. The van der Waals surface area contributed by atoms with Crippen LogP contribution in [-0.4, -0.2) is 50.6 Å². The maximum atomic E-state index is 13.3. The molecule has 4 N–H and O–H groups in total. The standard InChI is InChI=1S/C20H32O5/c1-9-10-5-6-12-19(4)13(18(2,3)8-11(21)17(19)25)7-14(22)20(12,15(9)23)16(10)24/h9-14,16-17,21-22,24-25H,5-8H2,1-4H3/t9-,10+,11-,12+,13-,14-,16?,17+,19+,20+/m1/s1. The van der Waals surface area contributed by atoms with Gasteiger partial charge in [-0.05, 0) is 48.9 Å². The monoisotopic (exact) mass is 352 g/mol. The summed E-state index contributed by atoms with van der Waals surface area (Å²) in [6, 6.07) is 0. The highest BCUT2D eigenvalue weighted by atomic mass is 16.3. The van der Waals surface area contributed by atoms with Crippen molar-refractivity contribution in [3.05, 3.63) is 0 Å². The van der Waals surface area contributed by atoms with Crippen LogP contribution in [0.5, 0.6) is 0 Å². The zero-order chi connectivity index (χ0) is 18.5. The Morgan fingerprint density at radius 2 is 1.60 bits per heavy atom. The Kier molecular flexibility index (Phi) is 3.62. The molecule has 2 bridgehead atoms. The van der Waals surface area contributed by atoms with Gasteiger partial charge in [-0.15, -0.1) is 0 Å². The number of hydrogen-bond donors (Lipinski definition) is 4. The predicted molar refractivity (Wildman–Crippen MR) is 91.5 cm³/mol. The summed E-state index contributed by atoms with van der Waals surface area (Å²) in [5, 5.41) is 43.8. The Bertz CT molecular complexity index is 603. The molecule has 25 heavy (non-hydrogen) atoms. The first-order valence-electron chi connectivity index (χ1n) is 9.77. The Morgan fingerprint density at radius 1 is 0.960 bits per heavy atom. The summed E-state index contributed by atoms with van der Waals surface area (Å²) in [6.07, 6.45) is -1.19. The van der Waals surface area contributed by atoms with E-state index < -0.39 is 35.2 Å². The number of aliphatic hydroxyl groups is 4. The van der Waals surface area contributed by atoms with E-state index in [1.807, 2.05) is 13.8 Å². The summed E-state index contributed by atoms with van der Waals surface area (Å²) < 4.78 is 0. The van der Waals surface area contributed by atoms with Crippen molar-refractivity contribution < 1.29 is 25.2 Å². The number of carbonyl (C=O) groups is 1. The topological polar surface area (TPSA) is 98.0 Å². The van der Waals surface area contributed by atoms with Crippen molar-refractivity contribution in [2.45, 2.75) is 77.8 Å². The van der Waals surface area contributed by atoms with Gasteiger partial charge in [0.25, 0.3) is 0 Å². The van der Waals surface area contributed by atoms with Gasteiger partial charge < -0.3 is 20.4 Å². The van der Waals surface area contributed by atoms with E-state index in [4.69, 9.17) is 0 Å². The molecule has 1 unspecified atom stereocenters. The van der Waals surface area contributed by atoms with Gasteiger partial charge in [-0.25, -0.2) is 0 Å². The smallest absolute Gasteiger partial charge is 0.147 e. The van der Waals surface area contributed by atoms with E-state index >= 15 is 0 Å². The summed E-state index contributed by atoms with van der Waals surface area (Å²) >= 11 is 0. The van der Waals surface area contributed by atoms with Crippen LogP contribution >= 0.6 is 0 Å². The minimum absolute atomic E-state index is 0.00326. The number of ketones is 1. The first kappa shape index (κ1) is 17.9. The van der Waals surface area contributed by atoms with Crippen molar-refractivity contribution in [1.29, 1.82) is 0 Å². The molecule has 4 fully saturated rings. The lowest BCUT2D eigenvalue weighted by Gasteiger charge is -2.67. The van der Waals surface area contributed by atoms with Crippen molar-refractivity contribution in [3.8, 4) is 0 Å². The molecule has 0 amide bonds. The van der Waals surface area contributed by atoms with Gasteiger partial charge in [-0.3, -0.25) is 4.79 Å². The van der Waals surface area contributed by atoms with Gasteiger partial charge in [-0.2, -0.15) is 0 Å². The molecular weight excluding hydrogens is 320 g/mol. The first-order valence-corrected chi connectivity index (χ1v) is 9.77. The van der Waals surface area contributed by atoms with Gasteiger partial charge >= 0.3 is 0 Å². The van der Waals surface area contributed by atoms with Crippen molar-refractivity contribution >= 4 is 5.78 Å². The highest BCUT2D eigenvalue weighted by Crippen LogP contribution is 2.71. The van der Waals surface area contributed by atoms with Crippen molar-refractivity contribution in [2.75, 3.05) is 0 Å². The molecule has 0 aromatic carbocycles. The van der Waals surface area contributed by atoms with Gasteiger partial charge in [-0.1, -0.05) is 27.7 Å². The molecule has 4 saturated carbocycles. The maximum absolute atomic E-state index is 13.3. The Morgan fingerprint density at radius 3 is 2.24 bits per heavy atom. The molecule has 0 saturated heterocycles. The summed E-state index contributed by atoms with van der Waals surface area (Å²) in [5.74, 6) is -0.700. The molecule has 0 aromatic heterocycles. The molecule has 0 heterocycles. The molecule has 5 nitrogen and oxygen atoms in total. The third-order valence-electron chi connectivity index (χ3n) is 8.94. The van der Waals surface area contributed by atoms with Crippen molar-refractivity contribution in [1.82, 2.24) is 0 Å². The molecule has 4 rings (SSSR count). The molecule has 142 valence electrons. The van der Waals surface area contributed by atoms with E-state index in [0.29, 0.717) is 19.3 Å². The average Bonchev–Trinajstić information content (AvgIpc) is 2.65. The zero-order valence-electron chi connectivity index (χ0n) is 15.6. The molecule has 1 spiro atoms. The van der Waals surface area contributed by atoms with E-state index in [0.717, 1.165) is 6.42 Å². The fraction of sp³-hybridized carbons (Fsp3) is 0.950. The van der Waals surface area contributed by atoms with E-state index in [1.165, 1.54) is 0 Å². The maximum Gasteiger partial charge on any atom is 0.147 e. The van der Waals surface area contributed by atoms with Gasteiger partial charge in [0.05, 0.1) is 29.8 Å². The number of fused-ring (bicyclic) bond motifs is 3. The van der Waals surface area contributed by atoms with Crippen LogP contribution in [0, 0.1) is 39.9 Å². The van der Waals surface area contributed by atoms with Gasteiger partial charge in [0.15, 0.2) is 0 Å². The highest BCUT2D eigenvalue weighted by molar-refractivity contribution is 5.92. The van der Waals surface area contributed by atoms with Crippen LogP contribution in [0.3, 0.4) is 0 Å². The van der Waals surface area contributed by atoms with Gasteiger partial charge in [0, 0.05) is 11.3 Å². The fourth-order valence-electron chi connectivity index (χ4n) is 7.86. The van der Waals surface area contributed by atoms with Gasteiger partial charge in [0.2, 0.25) is 0 Å². The van der Waals surface area contributed by atoms with E-state index in [9.17, 15) is 25.2 Å². The Labute approximate surface area is 149 Å². The zero-order valence-corrected chi connectivity index (χ0v) is 15.6. The first-order chi connectivity index (χ1) is 11.5. The van der Waals surface area contributed by atoms with Crippen LogP contribution in [-0.2, 0) is 4.79 Å². The van der Waals surface area contributed by atoms with E-state index in [1.54, 1.807) is 0 Å². The lowest BCUT2D eigenvalue weighted by Crippen LogP contribution is -2.71. The van der Waals surface area contributed by atoms with Crippen molar-refractivity contribution in [2.24, 2.45) is 39.9 Å². The quantitative estimate of drug-likeness (QED) is 0.524. The SMILES string of the molecule is C[C@H]1C(=O)[C@]23C(O)[C@H]1CC[C@H]2[C@@]1(C)[C@H](C[C@H]3O)C(C)(C)C[C@@H](O)[C@@H]1O. The number of hydrogen-bond acceptors (Lipinski definition) is 5. The lowest BCUT2D eigenvalue weighted by molar-refractivity contribution is -0.270. The predicted octanol–water partition coefficient (Wildman–Crippen LogP) is 1.12. The highest BCUT2D eigenvalue weighted by Gasteiger charge is 2.76. The van der Waals surface area contributed by atoms with Crippen LogP contribution < -0.4 is 0 Å². The Balaban J connectivity index is 1.90. The minimum Gasteiger partial charge on any atom is -0.392 e. The number of Topliss-reactive ketones (excluding diaryl/α,β-unsaturated/α-hetero) is 1. The third-order valence-corrected chi connectivity index (χ3v) is 8.94. The summed E-state index contributed by atoms with van der Waals surface area (Å²) in [7, 11) is 0. The number of aliphatic hydroxyl groups excluding tert-OH is 4. The lowest BCUT2D eigenvalue weighted by atomic mass is 9.39. The molecule has 10 atom stereocenters. The summed E-state index contributed by atoms with van der Waals surface area (Å²) in [4.78, 5) is 13.3. The third kappa shape index (κ3) is 1.81. The molecule has 0 radical (unpaired) electrons. The second-order valence-corrected chi connectivity index (χ2v) is 10.2. The number of rotatable bonds is 0. The van der Waals surface area contributed by atoms with Crippen LogP contribution in [0.25, 0.3) is 0 Å². The normalized spacial score (nSPS) is 60.1. The molecular formula is C20H32O5. The molecule has 0 aliphatic heterocycles. The summed E-state index contributed by atoms with van der Waals surface area (Å²) in [6.45, 7) is 8.01. The molecule has 0 aromatic rings. The van der Waals surface area contributed by atoms with E-state index in [-0.39, 0.29) is 34.9 Å². The van der Waals surface area contributed by atoms with Crippen LogP contribution in [0.2, 0.25) is 0 Å². The molecule has 4 aliphatic carbocycles.